The highest BCUT2D eigenvalue weighted by Crippen LogP contribution is 2.21. The lowest BCUT2D eigenvalue weighted by atomic mass is 9.84. The summed E-state index contributed by atoms with van der Waals surface area (Å²) in [4.78, 5) is 0. The van der Waals surface area contributed by atoms with E-state index in [4.69, 9.17) is 5.73 Å². The first-order valence-corrected chi connectivity index (χ1v) is 5.16. The van der Waals surface area contributed by atoms with Gasteiger partial charge in [0, 0.05) is 5.54 Å². The van der Waals surface area contributed by atoms with Crippen LogP contribution < -0.4 is 5.73 Å². The molecular weight excluding hydrogens is 146 g/mol. The Morgan fingerprint density at radius 1 is 1.17 bits per heavy atom. The molecule has 0 fully saturated rings. The molecule has 2 N–H and O–H groups in total. The molecule has 0 heterocycles. The van der Waals surface area contributed by atoms with Crippen LogP contribution in [-0.4, -0.2) is 5.54 Å². The summed E-state index contributed by atoms with van der Waals surface area (Å²) >= 11 is 0. The van der Waals surface area contributed by atoms with E-state index in [1.807, 2.05) is 0 Å². The Balaban J connectivity index is 3.64. The SMILES string of the molecule is CCC(C)CC[C@H](C)C(C)(C)N. The molecule has 0 aromatic heterocycles. The summed E-state index contributed by atoms with van der Waals surface area (Å²) in [5.74, 6) is 1.49. The molecule has 0 radical (unpaired) electrons. The van der Waals surface area contributed by atoms with Crippen LogP contribution in [0.4, 0.5) is 0 Å². The van der Waals surface area contributed by atoms with E-state index < -0.39 is 0 Å². The average molecular weight is 171 g/mol. The highest BCUT2D eigenvalue weighted by molar-refractivity contribution is 4.78. The molecule has 0 saturated heterocycles. The quantitative estimate of drug-likeness (QED) is 0.675. The second-order valence-electron chi connectivity index (χ2n) is 4.81. The van der Waals surface area contributed by atoms with Gasteiger partial charge in [0.05, 0.1) is 0 Å². The third kappa shape index (κ3) is 4.76. The van der Waals surface area contributed by atoms with Crippen molar-refractivity contribution in [3.05, 3.63) is 0 Å². The predicted molar refractivity (Wildman–Crippen MR) is 56.1 cm³/mol. The molecule has 0 aliphatic rings. The molecule has 0 aliphatic heterocycles. The Hall–Kier alpha value is -0.0400. The fourth-order valence-corrected chi connectivity index (χ4v) is 1.11. The first kappa shape index (κ1) is 12.0. The van der Waals surface area contributed by atoms with Gasteiger partial charge in [-0.25, -0.2) is 0 Å². The third-order valence-corrected chi connectivity index (χ3v) is 3.06. The van der Waals surface area contributed by atoms with Crippen LogP contribution >= 0.6 is 0 Å². The van der Waals surface area contributed by atoms with E-state index in [1.165, 1.54) is 19.3 Å². The van der Waals surface area contributed by atoms with Crippen LogP contribution in [0.15, 0.2) is 0 Å². The van der Waals surface area contributed by atoms with E-state index >= 15 is 0 Å². The van der Waals surface area contributed by atoms with Crippen molar-refractivity contribution in [2.45, 2.75) is 59.4 Å². The van der Waals surface area contributed by atoms with Crippen LogP contribution in [0.5, 0.6) is 0 Å². The molecule has 0 spiro atoms. The lowest BCUT2D eigenvalue weighted by Crippen LogP contribution is -2.39. The second kappa shape index (κ2) is 4.86. The highest BCUT2D eigenvalue weighted by Gasteiger charge is 2.20. The van der Waals surface area contributed by atoms with Crippen LogP contribution in [-0.2, 0) is 0 Å². The van der Waals surface area contributed by atoms with E-state index in [0.29, 0.717) is 5.92 Å². The van der Waals surface area contributed by atoms with Crippen LogP contribution in [0.1, 0.15) is 53.9 Å². The zero-order valence-electron chi connectivity index (χ0n) is 9.35. The maximum atomic E-state index is 6.01. The topological polar surface area (TPSA) is 26.0 Å². The van der Waals surface area contributed by atoms with Crippen molar-refractivity contribution >= 4 is 0 Å². The molecule has 0 amide bonds. The van der Waals surface area contributed by atoms with Gasteiger partial charge in [-0.2, -0.15) is 0 Å². The first-order chi connectivity index (χ1) is 5.38. The Kier molecular flexibility index (Phi) is 4.84. The second-order valence-corrected chi connectivity index (χ2v) is 4.81. The molecule has 74 valence electrons. The Morgan fingerprint density at radius 2 is 1.67 bits per heavy atom. The van der Waals surface area contributed by atoms with Gasteiger partial charge in [-0.05, 0) is 32.1 Å². The van der Waals surface area contributed by atoms with Crippen molar-refractivity contribution in [1.29, 1.82) is 0 Å². The molecule has 0 aliphatic carbocycles. The summed E-state index contributed by atoms with van der Waals surface area (Å²) in [6.07, 6.45) is 3.87. The van der Waals surface area contributed by atoms with Crippen LogP contribution in [0.2, 0.25) is 0 Å². The molecule has 0 bridgehead atoms. The van der Waals surface area contributed by atoms with Crippen molar-refractivity contribution in [3.63, 3.8) is 0 Å². The Labute approximate surface area is 77.7 Å². The van der Waals surface area contributed by atoms with Gasteiger partial charge in [-0.3, -0.25) is 0 Å². The molecule has 1 nitrogen and oxygen atoms in total. The van der Waals surface area contributed by atoms with Crippen LogP contribution in [0.25, 0.3) is 0 Å². The van der Waals surface area contributed by atoms with Gasteiger partial charge in [0.2, 0.25) is 0 Å². The monoisotopic (exact) mass is 171 g/mol. The van der Waals surface area contributed by atoms with Crippen LogP contribution in [0.3, 0.4) is 0 Å². The molecule has 2 atom stereocenters. The van der Waals surface area contributed by atoms with Gasteiger partial charge in [0.25, 0.3) is 0 Å². The highest BCUT2D eigenvalue weighted by atomic mass is 14.7. The molecule has 0 aromatic rings. The van der Waals surface area contributed by atoms with E-state index in [0.717, 1.165) is 5.92 Å². The summed E-state index contributed by atoms with van der Waals surface area (Å²) in [7, 11) is 0. The minimum absolute atomic E-state index is 0.00649. The molecule has 0 saturated carbocycles. The predicted octanol–water partition coefficient (Wildman–Crippen LogP) is 3.19. The van der Waals surface area contributed by atoms with Gasteiger partial charge in [-0.1, -0.05) is 33.6 Å². The van der Waals surface area contributed by atoms with Crippen molar-refractivity contribution in [2.24, 2.45) is 17.6 Å². The first-order valence-electron chi connectivity index (χ1n) is 5.16. The van der Waals surface area contributed by atoms with Crippen molar-refractivity contribution < 1.29 is 0 Å². The molecule has 0 rings (SSSR count). The van der Waals surface area contributed by atoms with E-state index in [9.17, 15) is 0 Å². The summed E-state index contributed by atoms with van der Waals surface area (Å²) in [5, 5.41) is 0. The van der Waals surface area contributed by atoms with Gasteiger partial charge in [0.1, 0.15) is 0 Å². The van der Waals surface area contributed by atoms with Gasteiger partial charge in [0.15, 0.2) is 0 Å². The third-order valence-electron chi connectivity index (χ3n) is 3.06. The maximum absolute atomic E-state index is 6.01. The lowest BCUT2D eigenvalue weighted by molar-refractivity contribution is 0.300. The zero-order valence-corrected chi connectivity index (χ0v) is 9.35. The van der Waals surface area contributed by atoms with Gasteiger partial charge in [-0.15, -0.1) is 0 Å². The number of hydrogen-bond donors (Lipinski definition) is 1. The normalized spacial score (nSPS) is 17.5. The summed E-state index contributed by atoms with van der Waals surface area (Å²) < 4.78 is 0. The fraction of sp³-hybridized carbons (Fsp3) is 1.00. The Bertz CT molecular complexity index is 113. The summed E-state index contributed by atoms with van der Waals surface area (Å²) in [6, 6.07) is 0. The summed E-state index contributed by atoms with van der Waals surface area (Å²) in [5.41, 5.74) is 6.00. The average Bonchev–Trinajstić information content (AvgIpc) is 1.97. The fourth-order valence-electron chi connectivity index (χ4n) is 1.11. The molecular formula is C11H25N. The van der Waals surface area contributed by atoms with Crippen molar-refractivity contribution in [1.82, 2.24) is 0 Å². The number of rotatable bonds is 5. The minimum atomic E-state index is -0.00649. The smallest absolute Gasteiger partial charge is 0.0123 e. The Morgan fingerprint density at radius 3 is 2.00 bits per heavy atom. The lowest BCUT2D eigenvalue weighted by Gasteiger charge is -2.27. The molecule has 1 unspecified atom stereocenters. The number of nitrogens with two attached hydrogens (primary N) is 1. The standard InChI is InChI=1S/C11H25N/c1-6-9(2)7-8-10(3)11(4,5)12/h9-10H,6-8,12H2,1-5H3/t9?,10-/m0/s1. The van der Waals surface area contributed by atoms with E-state index in [-0.39, 0.29) is 5.54 Å². The van der Waals surface area contributed by atoms with E-state index in [1.54, 1.807) is 0 Å². The van der Waals surface area contributed by atoms with Crippen molar-refractivity contribution in [2.75, 3.05) is 0 Å². The maximum Gasteiger partial charge on any atom is 0.0123 e. The van der Waals surface area contributed by atoms with Crippen LogP contribution in [0, 0.1) is 11.8 Å². The largest absolute Gasteiger partial charge is 0.325 e. The van der Waals surface area contributed by atoms with Crippen molar-refractivity contribution in [3.8, 4) is 0 Å². The molecule has 12 heavy (non-hydrogen) atoms. The zero-order chi connectivity index (χ0) is 9.78. The number of hydrogen-bond acceptors (Lipinski definition) is 1. The summed E-state index contributed by atoms with van der Waals surface area (Å²) in [6.45, 7) is 11.1. The molecule has 0 aromatic carbocycles. The van der Waals surface area contributed by atoms with Gasteiger partial charge < -0.3 is 5.73 Å². The van der Waals surface area contributed by atoms with Gasteiger partial charge >= 0.3 is 0 Å². The minimum Gasteiger partial charge on any atom is -0.325 e. The van der Waals surface area contributed by atoms with E-state index in [2.05, 4.69) is 34.6 Å². The molecule has 1 heteroatoms.